The Morgan fingerprint density at radius 2 is 0.786 bits per heavy atom. The molecule has 86 valence electrons. The quantitative estimate of drug-likeness (QED) is 0.496. The number of hydrogen-bond donors (Lipinski definition) is 0. The largest absolute Gasteiger partial charge is 0.0654 e. The Balaban J connectivity index is 0.000000249. The predicted molar refractivity (Wildman–Crippen MR) is 66.8 cm³/mol. The van der Waals surface area contributed by atoms with E-state index in [2.05, 4.69) is 13.8 Å². The van der Waals surface area contributed by atoms with E-state index in [1.54, 1.807) is 0 Å². The van der Waals surface area contributed by atoms with Crippen molar-refractivity contribution in [3.05, 3.63) is 0 Å². The lowest BCUT2D eigenvalue weighted by molar-refractivity contribution is 0.504. The maximum atomic E-state index is 2.26. The summed E-state index contributed by atoms with van der Waals surface area (Å²) in [7, 11) is 0. The minimum Gasteiger partial charge on any atom is -0.0654 e. The molecule has 0 bridgehead atoms. The zero-order chi connectivity index (χ0) is 10.5. The Kier molecular flexibility index (Phi) is 13.0. The van der Waals surface area contributed by atoms with Crippen LogP contribution in [0.4, 0.5) is 0 Å². The Bertz CT molecular complexity index is 64.5. The highest BCUT2D eigenvalue weighted by molar-refractivity contribution is 4.51. The van der Waals surface area contributed by atoms with Gasteiger partial charge in [-0.25, -0.2) is 0 Å². The highest BCUT2D eigenvalue weighted by atomic mass is 14.0. The van der Waals surface area contributed by atoms with Crippen LogP contribution in [0.1, 0.15) is 90.9 Å². The van der Waals surface area contributed by atoms with Crippen molar-refractivity contribution in [3.63, 3.8) is 0 Å². The molecule has 0 unspecified atom stereocenters. The van der Waals surface area contributed by atoms with E-state index in [4.69, 9.17) is 0 Å². The summed E-state index contributed by atoms with van der Waals surface area (Å²) in [6.07, 6.45) is 17.5. The molecule has 0 radical (unpaired) electrons. The van der Waals surface area contributed by atoms with Gasteiger partial charge in [-0.1, -0.05) is 90.9 Å². The van der Waals surface area contributed by atoms with Crippen molar-refractivity contribution in [2.45, 2.75) is 90.9 Å². The van der Waals surface area contributed by atoms with Crippen molar-refractivity contribution in [1.82, 2.24) is 0 Å². The Hall–Kier alpha value is 0. The number of rotatable bonds is 5. The van der Waals surface area contributed by atoms with Crippen molar-refractivity contribution in [2.75, 3.05) is 0 Å². The topological polar surface area (TPSA) is 0 Å². The average Bonchev–Trinajstić information content (AvgIpc) is 2.28. The predicted octanol–water partition coefficient (Wildman–Crippen LogP) is 5.71. The first-order valence-electron chi connectivity index (χ1n) is 6.91. The van der Waals surface area contributed by atoms with Gasteiger partial charge in [-0.3, -0.25) is 0 Å². The average molecular weight is 198 g/mol. The van der Waals surface area contributed by atoms with Gasteiger partial charge in [0.1, 0.15) is 0 Å². The molecule has 0 atom stereocenters. The number of unbranched alkanes of at least 4 members (excludes halogenated alkanes) is 5. The van der Waals surface area contributed by atoms with E-state index in [1.807, 2.05) is 0 Å². The van der Waals surface area contributed by atoms with Gasteiger partial charge >= 0.3 is 0 Å². The van der Waals surface area contributed by atoms with Crippen LogP contribution in [0, 0.1) is 0 Å². The molecular weight excluding hydrogens is 168 g/mol. The van der Waals surface area contributed by atoms with Crippen LogP contribution in [-0.4, -0.2) is 0 Å². The van der Waals surface area contributed by atoms with Gasteiger partial charge in [-0.15, -0.1) is 0 Å². The molecule has 0 heteroatoms. The molecule has 1 saturated carbocycles. The molecule has 0 heterocycles. The van der Waals surface area contributed by atoms with Gasteiger partial charge in [-0.2, -0.15) is 0 Å². The molecule has 0 nitrogen and oxygen atoms in total. The summed E-state index contributed by atoms with van der Waals surface area (Å²) in [5.74, 6) is 0. The lowest BCUT2D eigenvalue weighted by Gasteiger charge is -2.05. The van der Waals surface area contributed by atoms with Crippen molar-refractivity contribution in [1.29, 1.82) is 0 Å². The first-order chi connectivity index (χ1) is 6.91. The molecule has 0 amide bonds. The normalized spacial score (nSPS) is 15.9. The van der Waals surface area contributed by atoms with Crippen molar-refractivity contribution < 1.29 is 0 Å². The van der Waals surface area contributed by atoms with Gasteiger partial charge in [0.15, 0.2) is 0 Å². The summed E-state index contributed by atoms with van der Waals surface area (Å²) in [5, 5.41) is 0. The maximum absolute atomic E-state index is 2.26. The summed E-state index contributed by atoms with van der Waals surface area (Å²) in [6, 6.07) is 0. The molecular formula is C14H30. The zero-order valence-corrected chi connectivity index (χ0v) is 10.5. The smallest absolute Gasteiger partial charge is 0.0533 e. The molecule has 0 N–H and O–H groups in total. The summed E-state index contributed by atoms with van der Waals surface area (Å²) in [4.78, 5) is 0. The summed E-state index contributed by atoms with van der Waals surface area (Å²) < 4.78 is 0. The molecule has 0 spiro atoms. The first-order valence-corrected chi connectivity index (χ1v) is 6.91. The summed E-state index contributed by atoms with van der Waals surface area (Å²) in [5.41, 5.74) is 0. The fraction of sp³-hybridized carbons (Fsp3) is 1.00. The van der Waals surface area contributed by atoms with Gasteiger partial charge in [-0.05, 0) is 0 Å². The van der Waals surface area contributed by atoms with Gasteiger partial charge in [0.2, 0.25) is 0 Å². The van der Waals surface area contributed by atoms with Gasteiger partial charge in [0.05, 0.1) is 0 Å². The van der Waals surface area contributed by atoms with Gasteiger partial charge in [0.25, 0.3) is 0 Å². The SMILES string of the molecule is C1CCCCC1.CCCCCCCC. The van der Waals surface area contributed by atoms with Crippen LogP contribution in [0.3, 0.4) is 0 Å². The van der Waals surface area contributed by atoms with Crippen LogP contribution in [-0.2, 0) is 0 Å². The highest BCUT2D eigenvalue weighted by Gasteiger charge is 1.95. The second-order valence-corrected chi connectivity index (χ2v) is 4.54. The second kappa shape index (κ2) is 13.0. The molecule has 0 aromatic carbocycles. The molecule has 0 aliphatic heterocycles. The second-order valence-electron chi connectivity index (χ2n) is 4.54. The van der Waals surface area contributed by atoms with Gasteiger partial charge < -0.3 is 0 Å². The Morgan fingerprint density at radius 3 is 1.00 bits per heavy atom. The highest BCUT2D eigenvalue weighted by Crippen LogP contribution is 2.15. The van der Waals surface area contributed by atoms with E-state index in [0.717, 1.165) is 0 Å². The van der Waals surface area contributed by atoms with Crippen molar-refractivity contribution in [3.8, 4) is 0 Å². The number of hydrogen-bond acceptors (Lipinski definition) is 0. The van der Waals surface area contributed by atoms with E-state index in [1.165, 1.54) is 77.0 Å². The van der Waals surface area contributed by atoms with E-state index < -0.39 is 0 Å². The molecule has 14 heavy (non-hydrogen) atoms. The van der Waals surface area contributed by atoms with Gasteiger partial charge in [0, 0.05) is 0 Å². The lowest BCUT2D eigenvalue weighted by atomic mass is 10.0. The van der Waals surface area contributed by atoms with E-state index in [-0.39, 0.29) is 0 Å². The molecule has 1 rings (SSSR count). The van der Waals surface area contributed by atoms with Crippen molar-refractivity contribution in [2.24, 2.45) is 0 Å². The minimum absolute atomic E-state index is 1.36. The fourth-order valence-corrected chi connectivity index (χ4v) is 1.91. The van der Waals surface area contributed by atoms with Crippen LogP contribution in [0.25, 0.3) is 0 Å². The molecule has 0 aromatic rings. The summed E-state index contributed by atoms with van der Waals surface area (Å²) in [6.45, 7) is 4.51. The third kappa shape index (κ3) is 12.0. The van der Waals surface area contributed by atoms with Crippen LogP contribution >= 0.6 is 0 Å². The molecule has 1 aliphatic carbocycles. The van der Waals surface area contributed by atoms with E-state index >= 15 is 0 Å². The van der Waals surface area contributed by atoms with E-state index in [0.29, 0.717) is 0 Å². The van der Waals surface area contributed by atoms with Crippen LogP contribution in [0.15, 0.2) is 0 Å². The molecule has 1 fully saturated rings. The minimum atomic E-state index is 1.36. The standard InChI is InChI=1S/C8H18.C6H12/c1-3-5-7-8-6-4-2;1-2-4-6-5-3-1/h3-8H2,1-2H3;1-6H2. The van der Waals surface area contributed by atoms with E-state index in [9.17, 15) is 0 Å². The molecule has 1 aliphatic rings. The van der Waals surface area contributed by atoms with Crippen LogP contribution < -0.4 is 0 Å². The Labute approximate surface area is 91.5 Å². The molecule has 0 aromatic heterocycles. The van der Waals surface area contributed by atoms with Crippen LogP contribution in [0.5, 0.6) is 0 Å². The third-order valence-electron chi connectivity index (χ3n) is 2.96. The van der Waals surface area contributed by atoms with Crippen LogP contribution in [0.2, 0.25) is 0 Å². The monoisotopic (exact) mass is 198 g/mol. The lowest BCUT2D eigenvalue weighted by Crippen LogP contribution is -1.85. The Morgan fingerprint density at radius 1 is 0.500 bits per heavy atom. The maximum Gasteiger partial charge on any atom is -0.0533 e. The summed E-state index contributed by atoms with van der Waals surface area (Å²) >= 11 is 0. The zero-order valence-electron chi connectivity index (χ0n) is 10.5. The first kappa shape index (κ1) is 14.0. The fourth-order valence-electron chi connectivity index (χ4n) is 1.91. The third-order valence-corrected chi connectivity index (χ3v) is 2.96. The molecule has 0 saturated heterocycles. The van der Waals surface area contributed by atoms with Crippen molar-refractivity contribution >= 4 is 0 Å².